The molecule has 0 radical (unpaired) electrons. The summed E-state index contributed by atoms with van der Waals surface area (Å²) < 4.78 is -0.798. The van der Waals surface area contributed by atoms with Crippen LogP contribution in [-0.2, 0) is 4.33 Å². The first kappa shape index (κ1) is 11.9. The van der Waals surface area contributed by atoms with Crippen molar-refractivity contribution in [1.29, 1.82) is 0 Å². The van der Waals surface area contributed by atoms with Crippen molar-refractivity contribution in [3.8, 4) is 0 Å². The maximum absolute atomic E-state index is 6.13. The van der Waals surface area contributed by atoms with Crippen molar-refractivity contribution in [1.82, 2.24) is 0 Å². The summed E-state index contributed by atoms with van der Waals surface area (Å²) in [7, 11) is 0. The van der Waals surface area contributed by atoms with Crippen LogP contribution in [0.25, 0.3) is 0 Å². The Labute approximate surface area is 96.2 Å². The summed E-state index contributed by atoms with van der Waals surface area (Å²) in [5.41, 5.74) is 6.06. The first-order valence-electron chi connectivity index (χ1n) is 4.71. The third-order valence-corrected chi connectivity index (χ3v) is 3.36. The second-order valence-electron chi connectivity index (χ2n) is 4.00. The normalized spacial score (nSPS) is 11.9. The molecule has 0 heterocycles. The molecule has 0 atom stereocenters. The minimum atomic E-state index is -0.798. The van der Waals surface area contributed by atoms with Gasteiger partial charge in [0.25, 0.3) is 0 Å². The molecule has 0 nitrogen and oxygen atoms in total. The molecule has 0 bridgehead atoms. The predicted molar refractivity (Wildman–Crippen MR) is 64.4 cm³/mol. The number of benzene rings is 1. The van der Waals surface area contributed by atoms with Crippen LogP contribution in [0.3, 0.4) is 0 Å². The Bertz CT molecular complexity index is 360. The summed E-state index contributed by atoms with van der Waals surface area (Å²) in [6.45, 7) is 10.2. The molecule has 0 aliphatic heterocycles. The van der Waals surface area contributed by atoms with Gasteiger partial charge in [-0.2, -0.15) is 0 Å². The maximum atomic E-state index is 6.13. The first-order valence-corrected chi connectivity index (χ1v) is 5.46. The molecule has 2 heteroatoms. The average molecular weight is 231 g/mol. The van der Waals surface area contributed by atoms with E-state index >= 15 is 0 Å². The SMILES string of the molecule is Cc1cc(C(C)(Cl)Cl)c(C)c(C)c1C. The molecule has 0 amide bonds. The van der Waals surface area contributed by atoms with Gasteiger partial charge in [-0.25, -0.2) is 0 Å². The Balaban J connectivity index is 3.49. The van der Waals surface area contributed by atoms with Gasteiger partial charge in [0.2, 0.25) is 0 Å². The predicted octanol–water partition coefficient (Wildman–Crippen LogP) is 4.57. The summed E-state index contributed by atoms with van der Waals surface area (Å²) in [5.74, 6) is 0. The number of hydrogen-bond acceptors (Lipinski definition) is 0. The molecular weight excluding hydrogens is 215 g/mol. The van der Waals surface area contributed by atoms with Crippen molar-refractivity contribution in [2.45, 2.75) is 39.0 Å². The van der Waals surface area contributed by atoms with Crippen molar-refractivity contribution < 1.29 is 0 Å². The number of hydrogen-bond donors (Lipinski definition) is 0. The minimum absolute atomic E-state index is 0.798. The minimum Gasteiger partial charge on any atom is -0.0966 e. The molecule has 0 aliphatic rings. The summed E-state index contributed by atoms with van der Waals surface area (Å²) in [4.78, 5) is 0. The molecule has 1 aromatic carbocycles. The van der Waals surface area contributed by atoms with E-state index < -0.39 is 4.33 Å². The molecule has 0 N–H and O–H groups in total. The van der Waals surface area contributed by atoms with Gasteiger partial charge in [-0.05, 0) is 62.4 Å². The van der Waals surface area contributed by atoms with Crippen LogP contribution in [-0.4, -0.2) is 0 Å². The topological polar surface area (TPSA) is 0 Å². The molecule has 0 saturated heterocycles. The number of halogens is 2. The van der Waals surface area contributed by atoms with Crippen molar-refractivity contribution >= 4 is 23.2 Å². The number of aryl methyl sites for hydroxylation is 1. The molecule has 0 fully saturated rings. The van der Waals surface area contributed by atoms with E-state index in [0.29, 0.717) is 0 Å². The van der Waals surface area contributed by atoms with Gasteiger partial charge in [-0.3, -0.25) is 0 Å². The highest BCUT2D eigenvalue weighted by molar-refractivity contribution is 6.47. The van der Waals surface area contributed by atoms with Gasteiger partial charge >= 0.3 is 0 Å². The highest BCUT2D eigenvalue weighted by Crippen LogP contribution is 2.37. The maximum Gasteiger partial charge on any atom is 0.140 e. The molecule has 0 saturated carbocycles. The van der Waals surface area contributed by atoms with Gasteiger partial charge in [0.15, 0.2) is 0 Å². The zero-order chi connectivity index (χ0) is 11.1. The number of alkyl halides is 2. The van der Waals surface area contributed by atoms with Gasteiger partial charge in [-0.1, -0.05) is 29.3 Å². The van der Waals surface area contributed by atoms with E-state index in [9.17, 15) is 0 Å². The first-order chi connectivity index (χ1) is 6.25. The molecule has 0 aliphatic carbocycles. The van der Waals surface area contributed by atoms with Crippen LogP contribution in [0.5, 0.6) is 0 Å². The lowest BCUT2D eigenvalue weighted by Gasteiger charge is -2.21. The molecular formula is C12H16Cl2. The van der Waals surface area contributed by atoms with Crippen LogP contribution in [0, 0.1) is 27.7 Å². The van der Waals surface area contributed by atoms with Crippen molar-refractivity contribution in [2.24, 2.45) is 0 Å². The lowest BCUT2D eigenvalue weighted by atomic mass is 9.93. The molecule has 78 valence electrons. The zero-order valence-corrected chi connectivity index (χ0v) is 10.8. The van der Waals surface area contributed by atoms with E-state index in [1.165, 1.54) is 22.3 Å². The van der Waals surface area contributed by atoms with Gasteiger partial charge in [-0.15, -0.1) is 0 Å². The summed E-state index contributed by atoms with van der Waals surface area (Å²) in [6, 6.07) is 2.08. The fraction of sp³-hybridized carbons (Fsp3) is 0.500. The summed E-state index contributed by atoms with van der Waals surface area (Å²) in [5, 5.41) is 0. The van der Waals surface area contributed by atoms with Crippen LogP contribution >= 0.6 is 23.2 Å². The van der Waals surface area contributed by atoms with E-state index in [-0.39, 0.29) is 0 Å². The Morgan fingerprint density at radius 3 is 1.86 bits per heavy atom. The lowest BCUT2D eigenvalue weighted by Crippen LogP contribution is -2.09. The largest absolute Gasteiger partial charge is 0.140 e. The van der Waals surface area contributed by atoms with E-state index in [1.807, 2.05) is 6.92 Å². The summed E-state index contributed by atoms with van der Waals surface area (Å²) in [6.07, 6.45) is 0. The van der Waals surface area contributed by atoms with Gasteiger partial charge in [0.05, 0.1) is 0 Å². The molecule has 0 aromatic heterocycles. The van der Waals surface area contributed by atoms with Crippen molar-refractivity contribution in [2.75, 3.05) is 0 Å². The smallest absolute Gasteiger partial charge is 0.0966 e. The van der Waals surface area contributed by atoms with Gasteiger partial charge in [0, 0.05) is 0 Å². The van der Waals surface area contributed by atoms with Crippen LogP contribution in [0.1, 0.15) is 34.7 Å². The van der Waals surface area contributed by atoms with Crippen LogP contribution < -0.4 is 0 Å². The second-order valence-corrected chi connectivity index (χ2v) is 5.71. The van der Waals surface area contributed by atoms with Crippen LogP contribution in [0.2, 0.25) is 0 Å². The van der Waals surface area contributed by atoms with Gasteiger partial charge in [0.1, 0.15) is 4.33 Å². The molecule has 1 aromatic rings. The Kier molecular flexibility index (Phi) is 3.18. The molecule has 1 rings (SSSR count). The van der Waals surface area contributed by atoms with Crippen LogP contribution in [0.15, 0.2) is 6.07 Å². The molecule has 0 unspecified atom stereocenters. The molecule has 0 spiro atoms. The van der Waals surface area contributed by atoms with Crippen molar-refractivity contribution in [3.63, 3.8) is 0 Å². The quantitative estimate of drug-likeness (QED) is 0.621. The zero-order valence-electron chi connectivity index (χ0n) is 9.33. The highest BCUT2D eigenvalue weighted by atomic mass is 35.5. The molecule has 14 heavy (non-hydrogen) atoms. The third kappa shape index (κ3) is 2.07. The summed E-state index contributed by atoms with van der Waals surface area (Å²) >= 11 is 12.3. The second kappa shape index (κ2) is 3.75. The number of rotatable bonds is 1. The monoisotopic (exact) mass is 230 g/mol. The van der Waals surface area contributed by atoms with E-state index in [1.54, 1.807) is 0 Å². The van der Waals surface area contributed by atoms with E-state index in [2.05, 4.69) is 33.8 Å². The van der Waals surface area contributed by atoms with E-state index in [4.69, 9.17) is 23.2 Å². The Morgan fingerprint density at radius 1 is 0.929 bits per heavy atom. The Hall–Kier alpha value is -0.200. The van der Waals surface area contributed by atoms with Crippen LogP contribution in [0.4, 0.5) is 0 Å². The van der Waals surface area contributed by atoms with Gasteiger partial charge < -0.3 is 0 Å². The highest BCUT2D eigenvalue weighted by Gasteiger charge is 2.23. The van der Waals surface area contributed by atoms with E-state index in [0.717, 1.165) is 5.56 Å². The lowest BCUT2D eigenvalue weighted by molar-refractivity contribution is 0.945. The Morgan fingerprint density at radius 2 is 1.43 bits per heavy atom. The fourth-order valence-corrected chi connectivity index (χ4v) is 2.06. The fourth-order valence-electron chi connectivity index (χ4n) is 1.67. The van der Waals surface area contributed by atoms with Crippen molar-refractivity contribution in [3.05, 3.63) is 33.9 Å². The average Bonchev–Trinajstić information content (AvgIpc) is 2.06. The third-order valence-electron chi connectivity index (χ3n) is 2.95. The standard InChI is InChI=1S/C12H16Cl2/c1-7-6-11(12(5,13)14)10(4)9(3)8(7)2/h6H,1-5H3.